The van der Waals surface area contributed by atoms with Crippen LogP contribution in [0.4, 0.5) is 11.4 Å². The Bertz CT molecular complexity index is 1600. The summed E-state index contributed by atoms with van der Waals surface area (Å²) in [6.45, 7) is 11.6. The van der Waals surface area contributed by atoms with E-state index in [9.17, 15) is 0 Å². The Balaban J connectivity index is 1.41. The third-order valence-electron chi connectivity index (χ3n) is 13.9. The number of rotatable bonds is 24. The third-order valence-corrected chi connectivity index (χ3v) is 13.9. The van der Waals surface area contributed by atoms with Gasteiger partial charge in [-0.2, -0.15) is 0 Å². The van der Waals surface area contributed by atoms with Gasteiger partial charge in [0.1, 0.15) is 0 Å². The Hall–Kier alpha value is -3.52. The molecule has 1 fully saturated rings. The third kappa shape index (κ3) is 13.5. The first-order chi connectivity index (χ1) is 27.8. The van der Waals surface area contributed by atoms with Crippen LogP contribution < -0.4 is 11.5 Å². The summed E-state index contributed by atoms with van der Waals surface area (Å²) < 4.78 is 0. The molecule has 0 aliphatic heterocycles. The average Bonchev–Trinajstić information content (AvgIpc) is 3.22. The average molecular weight is 769 g/mol. The standard InChI is InChI=1S/C55H80N2/c1-6-8-10-12-14-19-23-54(51-37-34-49(56)39-42(51)4)47-30-26-45(27-31-47)53(36-25-41(3)44-21-17-16-18-22-44)46-28-32-48(33-29-46)55(24-20-15-13-11-9-7-2)52-38-35-50(57)40-43(52)5/h26-35,37-41,44,53-55H,6-25,36,56-57H2,1-5H3. The van der Waals surface area contributed by atoms with Gasteiger partial charge in [-0.05, 0) is 120 Å². The van der Waals surface area contributed by atoms with E-state index in [4.69, 9.17) is 11.5 Å². The molecule has 2 heteroatoms. The maximum Gasteiger partial charge on any atom is 0.0316 e. The van der Waals surface area contributed by atoms with E-state index in [1.165, 1.54) is 179 Å². The van der Waals surface area contributed by atoms with Crippen molar-refractivity contribution in [3.63, 3.8) is 0 Å². The number of unbranched alkanes of at least 4 members (excludes halogenated alkanes) is 10. The lowest BCUT2D eigenvalue weighted by atomic mass is 9.76. The molecule has 4 aromatic rings. The Morgan fingerprint density at radius 1 is 0.456 bits per heavy atom. The fraction of sp³-hybridized carbons (Fsp3) is 0.564. The van der Waals surface area contributed by atoms with Gasteiger partial charge in [-0.25, -0.2) is 0 Å². The van der Waals surface area contributed by atoms with Gasteiger partial charge in [-0.1, -0.05) is 191 Å². The SMILES string of the molecule is CCCCCCCCC(c1ccc(C(CCC(C)C2CCCCC2)c2ccc(C(CCCCCCCC)c3ccc(N)cc3C)cc2)cc1)c1ccc(N)cc1C. The molecular weight excluding hydrogens is 689 g/mol. The summed E-state index contributed by atoms with van der Waals surface area (Å²) >= 11 is 0. The second-order valence-electron chi connectivity index (χ2n) is 18.3. The zero-order chi connectivity index (χ0) is 40.4. The van der Waals surface area contributed by atoms with Gasteiger partial charge in [0.2, 0.25) is 0 Å². The minimum absolute atomic E-state index is 0.393. The molecule has 0 aromatic heterocycles. The van der Waals surface area contributed by atoms with Gasteiger partial charge in [-0.3, -0.25) is 0 Å². The molecule has 0 spiro atoms. The highest BCUT2D eigenvalue weighted by molar-refractivity contribution is 5.50. The lowest BCUT2D eigenvalue weighted by molar-refractivity contribution is 0.247. The lowest BCUT2D eigenvalue weighted by Crippen LogP contribution is -2.16. The maximum absolute atomic E-state index is 6.24. The van der Waals surface area contributed by atoms with Crippen molar-refractivity contribution in [1.29, 1.82) is 0 Å². The highest BCUT2D eigenvalue weighted by Gasteiger charge is 2.24. The zero-order valence-electron chi connectivity index (χ0n) is 37.0. The van der Waals surface area contributed by atoms with E-state index < -0.39 is 0 Å². The molecule has 0 amide bonds. The number of nitrogen functional groups attached to an aromatic ring is 2. The molecule has 0 bridgehead atoms. The topological polar surface area (TPSA) is 52.0 Å². The van der Waals surface area contributed by atoms with Crippen LogP contribution in [0.25, 0.3) is 0 Å². The summed E-state index contributed by atoms with van der Waals surface area (Å²) in [5.74, 6) is 2.85. The minimum atomic E-state index is 0.393. The molecule has 1 aliphatic carbocycles. The number of nitrogens with two attached hydrogens (primary N) is 2. The van der Waals surface area contributed by atoms with Crippen LogP contribution in [0.2, 0.25) is 0 Å². The molecular formula is C55H80N2. The Morgan fingerprint density at radius 3 is 1.25 bits per heavy atom. The van der Waals surface area contributed by atoms with E-state index >= 15 is 0 Å². The number of anilines is 2. The Morgan fingerprint density at radius 2 is 0.842 bits per heavy atom. The van der Waals surface area contributed by atoms with Crippen molar-refractivity contribution in [3.05, 3.63) is 129 Å². The monoisotopic (exact) mass is 769 g/mol. The molecule has 5 rings (SSSR count). The van der Waals surface area contributed by atoms with Crippen LogP contribution in [0, 0.1) is 25.7 Å². The quantitative estimate of drug-likeness (QED) is 0.0551. The van der Waals surface area contributed by atoms with Gasteiger partial charge in [-0.15, -0.1) is 0 Å². The van der Waals surface area contributed by atoms with E-state index in [2.05, 4.69) is 120 Å². The number of hydrogen-bond donors (Lipinski definition) is 2. The molecule has 4 aromatic carbocycles. The van der Waals surface area contributed by atoms with E-state index in [1.807, 2.05) is 0 Å². The van der Waals surface area contributed by atoms with Crippen LogP contribution in [0.5, 0.6) is 0 Å². The summed E-state index contributed by atoms with van der Waals surface area (Å²) in [6.07, 6.45) is 27.9. The molecule has 2 nitrogen and oxygen atoms in total. The van der Waals surface area contributed by atoms with E-state index in [-0.39, 0.29) is 0 Å². The predicted octanol–water partition coefficient (Wildman–Crippen LogP) is 16.4. The van der Waals surface area contributed by atoms with Crippen LogP contribution in [-0.2, 0) is 0 Å². The van der Waals surface area contributed by atoms with Crippen molar-refractivity contribution in [2.45, 2.75) is 187 Å². The van der Waals surface area contributed by atoms with Crippen LogP contribution in [0.15, 0.2) is 84.9 Å². The maximum atomic E-state index is 6.24. The molecule has 3 unspecified atom stereocenters. The molecule has 0 heterocycles. The highest BCUT2D eigenvalue weighted by atomic mass is 14.5. The van der Waals surface area contributed by atoms with Crippen molar-refractivity contribution >= 4 is 11.4 Å². The summed E-state index contributed by atoms with van der Waals surface area (Å²) in [6, 6.07) is 32.9. The van der Waals surface area contributed by atoms with Crippen LogP contribution in [0.1, 0.15) is 218 Å². The van der Waals surface area contributed by atoms with Crippen LogP contribution in [-0.4, -0.2) is 0 Å². The van der Waals surface area contributed by atoms with Crippen molar-refractivity contribution in [3.8, 4) is 0 Å². The first kappa shape index (κ1) is 44.6. The Labute approximate surface area is 350 Å². The van der Waals surface area contributed by atoms with Gasteiger partial charge < -0.3 is 11.5 Å². The van der Waals surface area contributed by atoms with E-state index in [1.54, 1.807) is 0 Å². The number of aryl methyl sites for hydroxylation is 2. The van der Waals surface area contributed by atoms with Crippen LogP contribution >= 0.6 is 0 Å². The summed E-state index contributed by atoms with van der Waals surface area (Å²) in [4.78, 5) is 0. The first-order valence-corrected chi connectivity index (χ1v) is 23.7. The highest BCUT2D eigenvalue weighted by Crippen LogP contribution is 2.40. The van der Waals surface area contributed by atoms with Gasteiger partial charge in [0.15, 0.2) is 0 Å². The molecule has 1 saturated carbocycles. The number of benzene rings is 4. The molecule has 0 radical (unpaired) electrons. The predicted molar refractivity (Wildman–Crippen MR) is 251 cm³/mol. The van der Waals surface area contributed by atoms with Gasteiger partial charge in [0.05, 0.1) is 0 Å². The van der Waals surface area contributed by atoms with Crippen molar-refractivity contribution in [2.75, 3.05) is 11.5 Å². The van der Waals surface area contributed by atoms with Gasteiger partial charge in [0.25, 0.3) is 0 Å². The van der Waals surface area contributed by atoms with Crippen molar-refractivity contribution in [2.24, 2.45) is 11.8 Å². The molecule has 4 N–H and O–H groups in total. The molecule has 1 aliphatic rings. The molecule has 0 saturated heterocycles. The van der Waals surface area contributed by atoms with Crippen LogP contribution in [0.3, 0.4) is 0 Å². The van der Waals surface area contributed by atoms with Gasteiger partial charge >= 0.3 is 0 Å². The smallest absolute Gasteiger partial charge is 0.0316 e. The first-order valence-electron chi connectivity index (χ1n) is 23.7. The zero-order valence-corrected chi connectivity index (χ0v) is 37.0. The Kier molecular flexibility index (Phi) is 18.6. The second-order valence-corrected chi connectivity index (χ2v) is 18.3. The fourth-order valence-corrected chi connectivity index (χ4v) is 10.3. The second kappa shape index (κ2) is 23.8. The normalized spacial score (nSPS) is 15.7. The van der Waals surface area contributed by atoms with E-state index in [0.29, 0.717) is 17.8 Å². The fourth-order valence-electron chi connectivity index (χ4n) is 10.3. The molecule has 310 valence electrons. The van der Waals surface area contributed by atoms with Crippen molar-refractivity contribution < 1.29 is 0 Å². The van der Waals surface area contributed by atoms with Crippen molar-refractivity contribution in [1.82, 2.24) is 0 Å². The molecule has 3 atom stereocenters. The minimum Gasteiger partial charge on any atom is -0.399 e. The summed E-state index contributed by atoms with van der Waals surface area (Å²) in [7, 11) is 0. The van der Waals surface area contributed by atoms with Gasteiger partial charge in [0, 0.05) is 29.1 Å². The lowest BCUT2D eigenvalue weighted by Gasteiger charge is -2.29. The summed E-state index contributed by atoms with van der Waals surface area (Å²) in [5.41, 5.74) is 25.5. The molecule has 57 heavy (non-hydrogen) atoms. The largest absolute Gasteiger partial charge is 0.399 e. The summed E-state index contributed by atoms with van der Waals surface area (Å²) in [5, 5.41) is 0. The van der Waals surface area contributed by atoms with E-state index in [0.717, 1.165) is 23.2 Å². The number of hydrogen-bond acceptors (Lipinski definition) is 2.